The molecular weight excluding hydrogens is 470 g/mol. The maximum Gasteiger partial charge on any atom is 0.305 e. The van der Waals surface area contributed by atoms with Gasteiger partial charge in [0.05, 0.1) is 4.70 Å². The Kier molecular flexibility index (Phi) is 9.99. The molecule has 1 aromatic heterocycles. The molecule has 0 atom stereocenters. The summed E-state index contributed by atoms with van der Waals surface area (Å²) in [5, 5.41) is 13.4. The van der Waals surface area contributed by atoms with Crippen molar-refractivity contribution in [2.45, 2.75) is 76.7 Å². The molecular formula is C29H39N3O3S. The van der Waals surface area contributed by atoms with Crippen molar-refractivity contribution in [2.24, 2.45) is 0 Å². The number of carbonyl (C=O) groups excluding carboxylic acids is 1. The van der Waals surface area contributed by atoms with Crippen molar-refractivity contribution in [2.75, 3.05) is 19.6 Å². The van der Waals surface area contributed by atoms with Gasteiger partial charge in [-0.1, -0.05) is 73.4 Å². The zero-order valence-electron chi connectivity index (χ0n) is 21.1. The summed E-state index contributed by atoms with van der Waals surface area (Å²) in [6.45, 7) is 2.45. The van der Waals surface area contributed by atoms with Gasteiger partial charge in [0.1, 0.15) is 11.3 Å². The fraction of sp³-hybridized carbons (Fsp3) is 0.517. The maximum absolute atomic E-state index is 13.2. The number of aryl methyl sites for hydroxylation is 1. The molecule has 1 aliphatic rings. The van der Waals surface area contributed by atoms with E-state index in [0.29, 0.717) is 18.0 Å². The first-order chi connectivity index (χ1) is 17.6. The first kappa shape index (κ1) is 26.4. The van der Waals surface area contributed by atoms with Crippen molar-refractivity contribution in [3.05, 3.63) is 63.3 Å². The van der Waals surface area contributed by atoms with Crippen molar-refractivity contribution >= 4 is 27.5 Å². The van der Waals surface area contributed by atoms with Crippen molar-refractivity contribution in [3.63, 3.8) is 0 Å². The largest absolute Gasteiger partial charge is 0.506 e. The third-order valence-corrected chi connectivity index (χ3v) is 8.23. The van der Waals surface area contributed by atoms with Crippen LogP contribution in [0.25, 0.3) is 10.2 Å². The summed E-state index contributed by atoms with van der Waals surface area (Å²) in [5.41, 5.74) is 2.97. The van der Waals surface area contributed by atoms with E-state index in [-0.39, 0.29) is 16.5 Å². The minimum atomic E-state index is -0.135. The average Bonchev–Trinajstić information content (AvgIpc) is 3.30. The molecule has 0 aliphatic heterocycles. The number of phenols is 1. The van der Waals surface area contributed by atoms with Crippen LogP contribution in [0.3, 0.4) is 0 Å². The van der Waals surface area contributed by atoms with E-state index in [1.165, 1.54) is 24.8 Å². The monoisotopic (exact) mass is 509 g/mol. The summed E-state index contributed by atoms with van der Waals surface area (Å²) in [6, 6.07) is 14.4. The van der Waals surface area contributed by atoms with E-state index in [1.54, 1.807) is 6.07 Å². The van der Waals surface area contributed by atoms with Crippen molar-refractivity contribution in [3.8, 4) is 5.75 Å². The molecule has 6 nitrogen and oxygen atoms in total. The van der Waals surface area contributed by atoms with Crippen LogP contribution < -0.4 is 10.2 Å². The molecule has 1 heterocycles. The predicted octanol–water partition coefficient (Wildman–Crippen LogP) is 5.39. The Hall–Kier alpha value is -2.64. The average molecular weight is 510 g/mol. The first-order valence-electron chi connectivity index (χ1n) is 13.5. The third kappa shape index (κ3) is 7.43. The van der Waals surface area contributed by atoms with Crippen LogP contribution in [0.1, 0.15) is 68.9 Å². The van der Waals surface area contributed by atoms with E-state index in [1.807, 2.05) is 12.1 Å². The van der Waals surface area contributed by atoms with E-state index < -0.39 is 0 Å². The highest BCUT2D eigenvalue weighted by atomic mass is 32.1. The number of carbonyl (C=O) groups is 1. The molecule has 3 aromatic rings. The number of hydrogen-bond donors (Lipinski definition) is 3. The van der Waals surface area contributed by atoms with Crippen LogP contribution in [0.15, 0.2) is 47.3 Å². The van der Waals surface area contributed by atoms with E-state index in [4.69, 9.17) is 0 Å². The SMILES string of the molecule is O=C(CCNCCc1ccccc1)N(CCCCCc1ccc(O)c2[nH]c(=O)sc12)C1CCCCC1. The molecule has 2 aromatic carbocycles. The highest BCUT2D eigenvalue weighted by molar-refractivity contribution is 7.16. The number of rotatable bonds is 13. The lowest BCUT2D eigenvalue weighted by atomic mass is 9.93. The van der Waals surface area contributed by atoms with Gasteiger partial charge in [0, 0.05) is 25.6 Å². The van der Waals surface area contributed by atoms with Crippen molar-refractivity contribution in [1.82, 2.24) is 15.2 Å². The third-order valence-electron chi connectivity index (χ3n) is 7.27. The van der Waals surface area contributed by atoms with Crippen molar-refractivity contribution in [1.29, 1.82) is 0 Å². The number of benzene rings is 2. The van der Waals surface area contributed by atoms with Gasteiger partial charge in [-0.15, -0.1) is 0 Å². The first-order valence-corrected chi connectivity index (χ1v) is 14.3. The molecule has 194 valence electrons. The smallest absolute Gasteiger partial charge is 0.305 e. The van der Waals surface area contributed by atoms with Crippen LogP contribution in [0, 0.1) is 0 Å². The number of aromatic nitrogens is 1. The Morgan fingerprint density at radius 1 is 1.00 bits per heavy atom. The zero-order valence-corrected chi connectivity index (χ0v) is 22.0. The van der Waals surface area contributed by atoms with Crippen LogP contribution in [0.2, 0.25) is 0 Å². The topological polar surface area (TPSA) is 85.4 Å². The minimum absolute atomic E-state index is 0.128. The molecule has 4 rings (SSSR count). The fourth-order valence-electron chi connectivity index (χ4n) is 5.29. The predicted molar refractivity (Wildman–Crippen MR) is 148 cm³/mol. The molecule has 0 saturated heterocycles. The van der Waals surface area contributed by atoms with Gasteiger partial charge < -0.3 is 20.3 Å². The highest BCUT2D eigenvalue weighted by Crippen LogP contribution is 2.29. The molecule has 0 spiro atoms. The lowest BCUT2D eigenvalue weighted by Gasteiger charge is -2.34. The normalized spacial score (nSPS) is 14.3. The molecule has 7 heteroatoms. The van der Waals surface area contributed by atoms with E-state index >= 15 is 0 Å². The number of amides is 1. The van der Waals surface area contributed by atoms with Gasteiger partial charge in [-0.3, -0.25) is 9.59 Å². The number of thiazole rings is 1. The summed E-state index contributed by atoms with van der Waals surface area (Å²) in [7, 11) is 0. The van der Waals surface area contributed by atoms with E-state index in [0.717, 1.165) is 86.2 Å². The van der Waals surface area contributed by atoms with E-state index in [9.17, 15) is 14.7 Å². The van der Waals surface area contributed by atoms with Crippen LogP contribution >= 0.6 is 11.3 Å². The number of unbranched alkanes of at least 4 members (excludes halogenated alkanes) is 2. The zero-order chi connectivity index (χ0) is 25.2. The Labute approximate surface area is 217 Å². The molecule has 1 amide bonds. The molecule has 0 radical (unpaired) electrons. The Bertz CT molecular complexity index is 1150. The van der Waals surface area contributed by atoms with Gasteiger partial charge in [-0.25, -0.2) is 0 Å². The maximum atomic E-state index is 13.2. The van der Waals surface area contributed by atoms with Gasteiger partial charge >= 0.3 is 4.87 Å². The lowest BCUT2D eigenvalue weighted by Crippen LogP contribution is -2.43. The van der Waals surface area contributed by atoms with Crippen LogP contribution in [-0.4, -0.2) is 46.6 Å². The number of aromatic amines is 1. The Morgan fingerprint density at radius 3 is 2.61 bits per heavy atom. The molecule has 36 heavy (non-hydrogen) atoms. The van der Waals surface area contributed by atoms with Crippen molar-refractivity contribution < 1.29 is 9.90 Å². The van der Waals surface area contributed by atoms with Gasteiger partial charge in [0.2, 0.25) is 5.91 Å². The quantitative estimate of drug-likeness (QED) is 0.270. The van der Waals surface area contributed by atoms with Crippen LogP contribution in [0.4, 0.5) is 0 Å². The lowest BCUT2D eigenvalue weighted by molar-refractivity contribution is -0.134. The number of aromatic hydroxyl groups is 1. The highest BCUT2D eigenvalue weighted by Gasteiger charge is 2.24. The molecule has 1 saturated carbocycles. The number of nitrogens with one attached hydrogen (secondary N) is 2. The van der Waals surface area contributed by atoms with Gasteiger partial charge in [0.15, 0.2) is 0 Å². The van der Waals surface area contributed by atoms with E-state index in [2.05, 4.69) is 39.5 Å². The summed E-state index contributed by atoms with van der Waals surface area (Å²) in [4.78, 5) is 29.7. The second kappa shape index (κ2) is 13.6. The van der Waals surface area contributed by atoms with Crippen LogP contribution in [-0.2, 0) is 17.6 Å². The Balaban J connectivity index is 1.22. The number of fused-ring (bicyclic) bond motifs is 1. The van der Waals surface area contributed by atoms with Gasteiger partial charge in [0.25, 0.3) is 0 Å². The Morgan fingerprint density at radius 2 is 1.81 bits per heavy atom. The second-order valence-corrected chi connectivity index (χ2v) is 10.9. The summed E-state index contributed by atoms with van der Waals surface area (Å²) in [6.07, 6.45) is 11.4. The fourth-order valence-corrected chi connectivity index (χ4v) is 6.19. The number of nitrogens with zero attached hydrogens (tertiary/aromatic N) is 1. The summed E-state index contributed by atoms with van der Waals surface area (Å²) in [5.74, 6) is 0.412. The number of phenolic OH excluding ortho intramolecular Hbond substituents is 1. The molecule has 3 N–H and O–H groups in total. The standard InChI is InChI=1S/C29H39N3O3S/c33-25-16-15-23(28-27(25)31-29(35)36-28)12-6-3-9-21-32(24-13-7-2-8-14-24)26(34)18-20-30-19-17-22-10-4-1-5-11-22/h1,4-5,10-11,15-16,24,30,33H,2-3,6-9,12-14,17-21H2,(H,31,35). The summed E-state index contributed by atoms with van der Waals surface area (Å²) < 4.78 is 0.860. The number of H-pyrrole nitrogens is 1. The summed E-state index contributed by atoms with van der Waals surface area (Å²) >= 11 is 1.16. The van der Waals surface area contributed by atoms with Gasteiger partial charge in [-0.05, 0) is 62.3 Å². The minimum Gasteiger partial charge on any atom is -0.506 e. The van der Waals surface area contributed by atoms with Gasteiger partial charge in [-0.2, -0.15) is 0 Å². The molecule has 0 unspecified atom stereocenters. The second-order valence-electron chi connectivity index (χ2n) is 9.89. The molecule has 1 aliphatic carbocycles. The number of hydrogen-bond acceptors (Lipinski definition) is 5. The molecule has 0 bridgehead atoms. The van der Waals surface area contributed by atoms with Crippen LogP contribution in [0.5, 0.6) is 5.75 Å². The molecule has 1 fully saturated rings.